The molecule has 2 aromatic rings. The van der Waals surface area contributed by atoms with Crippen molar-refractivity contribution in [1.82, 2.24) is 14.8 Å². The summed E-state index contributed by atoms with van der Waals surface area (Å²) in [5, 5.41) is 8.88. The fraction of sp³-hybridized carbons (Fsp3) is 0.273. The monoisotopic (exact) mass is 314 g/mol. The maximum atomic E-state index is 6.18. The minimum Gasteiger partial charge on any atom is -0.324 e. The van der Waals surface area contributed by atoms with Crippen molar-refractivity contribution in [3.8, 4) is 11.4 Å². The highest BCUT2D eigenvalue weighted by Crippen LogP contribution is 2.29. The Hall–Kier alpha value is -0.910. The Kier molecular flexibility index (Phi) is 3.81. The molecule has 0 aliphatic carbocycles. The van der Waals surface area contributed by atoms with E-state index < -0.39 is 0 Å². The third kappa shape index (κ3) is 2.36. The number of aromatic nitrogens is 3. The van der Waals surface area contributed by atoms with Gasteiger partial charge in [0.1, 0.15) is 5.82 Å². The fourth-order valence-corrected chi connectivity index (χ4v) is 2.25. The van der Waals surface area contributed by atoms with Gasteiger partial charge >= 0.3 is 0 Å². The van der Waals surface area contributed by atoms with Crippen LogP contribution in [0.3, 0.4) is 0 Å². The van der Waals surface area contributed by atoms with E-state index in [1.807, 2.05) is 29.7 Å². The van der Waals surface area contributed by atoms with Gasteiger partial charge in [-0.1, -0.05) is 27.5 Å². The highest BCUT2D eigenvalue weighted by molar-refractivity contribution is 9.10. The van der Waals surface area contributed by atoms with Crippen LogP contribution in [0.1, 0.15) is 12.7 Å². The number of hydrogen-bond acceptors (Lipinski definition) is 3. The quantitative estimate of drug-likeness (QED) is 0.947. The van der Waals surface area contributed by atoms with Crippen LogP contribution < -0.4 is 5.73 Å². The summed E-state index contributed by atoms with van der Waals surface area (Å²) in [6.07, 6.45) is 0. The van der Waals surface area contributed by atoms with Crippen LogP contribution in [-0.2, 0) is 13.1 Å². The van der Waals surface area contributed by atoms with Crippen molar-refractivity contribution in [2.45, 2.75) is 20.0 Å². The molecular formula is C11H12BrClN4. The summed E-state index contributed by atoms with van der Waals surface area (Å²) in [5.41, 5.74) is 6.48. The van der Waals surface area contributed by atoms with Crippen molar-refractivity contribution in [3.05, 3.63) is 33.5 Å². The van der Waals surface area contributed by atoms with E-state index in [1.54, 1.807) is 0 Å². The van der Waals surface area contributed by atoms with Crippen molar-refractivity contribution in [3.63, 3.8) is 0 Å². The number of benzene rings is 1. The van der Waals surface area contributed by atoms with E-state index >= 15 is 0 Å². The van der Waals surface area contributed by atoms with Gasteiger partial charge in [0.25, 0.3) is 0 Å². The molecule has 0 atom stereocenters. The average molecular weight is 316 g/mol. The van der Waals surface area contributed by atoms with Gasteiger partial charge in [0.15, 0.2) is 5.82 Å². The molecule has 0 saturated heterocycles. The Bertz CT molecular complexity index is 538. The molecule has 0 fully saturated rings. The SMILES string of the molecule is CCn1c(CN)nnc1-c1cc(Br)ccc1Cl. The van der Waals surface area contributed by atoms with E-state index in [2.05, 4.69) is 26.1 Å². The van der Waals surface area contributed by atoms with Gasteiger partial charge in [-0.15, -0.1) is 10.2 Å². The minimum atomic E-state index is 0.368. The number of nitrogens with zero attached hydrogens (tertiary/aromatic N) is 3. The highest BCUT2D eigenvalue weighted by Gasteiger charge is 2.14. The van der Waals surface area contributed by atoms with Crippen LogP contribution in [-0.4, -0.2) is 14.8 Å². The van der Waals surface area contributed by atoms with Crippen LogP contribution in [0.2, 0.25) is 5.02 Å². The molecule has 0 aliphatic heterocycles. The van der Waals surface area contributed by atoms with E-state index in [4.69, 9.17) is 17.3 Å². The van der Waals surface area contributed by atoms with Crippen LogP contribution in [0.25, 0.3) is 11.4 Å². The summed E-state index contributed by atoms with van der Waals surface area (Å²) in [4.78, 5) is 0. The Morgan fingerprint density at radius 2 is 2.18 bits per heavy atom. The van der Waals surface area contributed by atoms with Crippen molar-refractivity contribution in [1.29, 1.82) is 0 Å². The Morgan fingerprint density at radius 1 is 1.41 bits per heavy atom. The molecule has 0 amide bonds. The average Bonchev–Trinajstić information content (AvgIpc) is 2.74. The smallest absolute Gasteiger partial charge is 0.165 e. The number of hydrogen-bond donors (Lipinski definition) is 1. The Balaban J connectivity index is 2.59. The molecule has 0 aliphatic rings. The van der Waals surface area contributed by atoms with Crippen LogP contribution in [0, 0.1) is 0 Å². The lowest BCUT2D eigenvalue weighted by atomic mass is 10.2. The second-order valence-electron chi connectivity index (χ2n) is 3.51. The zero-order valence-corrected chi connectivity index (χ0v) is 11.7. The Labute approximate surface area is 113 Å². The minimum absolute atomic E-state index is 0.368. The van der Waals surface area contributed by atoms with Gasteiger partial charge in [-0.25, -0.2) is 0 Å². The molecule has 0 bridgehead atoms. The molecule has 17 heavy (non-hydrogen) atoms. The molecule has 2 N–H and O–H groups in total. The second-order valence-corrected chi connectivity index (χ2v) is 4.84. The zero-order valence-electron chi connectivity index (χ0n) is 9.32. The molecule has 90 valence electrons. The number of halogens is 2. The molecular weight excluding hydrogens is 304 g/mol. The predicted molar refractivity (Wildman–Crippen MR) is 71.7 cm³/mol. The van der Waals surface area contributed by atoms with Gasteiger partial charge in [-0.3, -0.25) is 0 Å². The van der Waals surface area contributed by atoms with Gasteiger partial charge < -0.3 is 10.3 Å². The maximum absolute atomic E-state index is 6.18. The first-order valence-electron chi connectivity index (χ1n) is 5.25. The lowest BCUT2D eigenvalue weighted by Gasteiger charge is -2.08. The van der Waals surface area contributed by atoms with Crippen molar-refractivity contribution in [2.75, 3.05) is 0 Å². The molecule has 4 nitrogen and oxygen atoms in total. The van der Waals surface area contributed by atoms with Gasteiger partial charge in [-0.05, 0) is 25.1 Å². The highest BCUT2D eigenvalue weighted by atomic mass is 79.9. The molecule has 0 unspecified atom stereocenters. The summed E-state index contributed by atoms with van der Waals surface area (Å²) in [5.74, 6) is 1.51. The van der Waals surface area contributed by atoms with E-state index in [1.165, 1.54) is 0 Å². The number of rotatable bonds is 3. The van der Waals surface area contributed by atoms with Crippen molar-refractivity contribution >= 4 is 27.5 Å². The van der Waals surface area contributed by atoms with Gasteiger partial charge in [0, 0.05) is 16.6 Å². The van der Waals surface area contributed by atoms with E-state index in [0.717, 1.165) is 28.2 Å². The van der Waals surface area contributed by atoms with Crippen LogP contribution in [0.5, 0.6) is 0 Å². The molecule has 1 aromatic carbocycles. The molecule has 0 spiro atoms. The van der Waals surface area contributed by atoms with Crippen molar-refractivity contribution in [2.24, 2.45) is 5.73 Å². The lowest BCUT2D eigenvalue weighted by Crippen LogP contribution is -2.08. The topological polar surface area (TPSA) is 56.7 Å². The van der Waals surface area contributed by atoms with Gasteiger partial charge in [0.2, 0.25) is 0 Å². The molecule has 0 radical (unpaired) electrons. The summed E-state index contributed by atoms with van der Waals surface area (Å²) >= 11 is 9.60. The third-order valence-electron chi connectivity index (χ3n) is 2.50. The zero-order chi connectivity index (χ0) is 12.4. The van der Waals surface area contributed by atoms with Gasteiger partial charge in [-0.2, -0.15) is 0 Å². The van der Waals surface area contributed by atoms with Crippen molar-refractivity contribution < 1.29 is 0 Å². The van der Waals surface area contributed by atoms with Gasteiger partial charge in [0.05, 0.1) is 11.6 Å². The standard InChI is InChI=1S/C11H12BrClN4/c1-2-17-10(6-14)15-16-11(17)8-5-7(12)3-4-9(8)13/h3-5H,2,6,14H2,1H3. The first-order chi connectivity index (χ1) is 8.17. The summed E-state index contributed by atoms with van der Waals surface area (Å²) in [6.45, 7) is 3.15. The first kappa shape index (κ1) is 12.5. The van der Waals surface area contributed by atoms with E-state index in [-0.39, 0.29) is 0 Å². The molecule has 6 heteroatoms. The number of nitrogens with two attached hydrogens (primary N) is 1. The second kappa shape index (κ2) is 5.16. The third-order valence-corrected chi connectivity index (χ3v) is 3.32. The van der Waals surface area contributed by atoms with Crippen LogP contribution >= 0.6 is 27.5 Å². The van der Waals surface area contributed by atoms with Crippen LogP contribution in [0.4, 0.5) is 0 Å². The first-order valence-corrected chi connectivity index (χ1v) is 6.42. The lowest BCUT2D eigenvalue weighted by molar-refractivity contribution is 0.704. The molecule has 1 heterocycles. The van der Waals surface area contributed by atoms with Crippen LogP contribution in [0.15, 0.2) is 22.7 Å². The predicted octanol–water partition coefficient (Wildman–Crippen LogP) is 2.84. The Morgan fingerprint density at radius 3 is 2.82 bits per heavy atom. The molecule has 2 rings (SSSR count). The maximum Gasteiger partial charge on any atom is 0.165 e. The largest absolute Gasteiger partial charge is 0.324 e. The summed E-state index contributed by atoms with van der Waals surface area (Å²) in [6, 6.07) is 5.65. The van der Waals surface area contributed by atoms with E-state index in [9.17, 15) is 0 Å². The summed E-state index contributed by atoms with van der Waals surface area (Å²) < 4.78 is 2.92. The summed E-state index contributed by atoms with van der Waals surface area (Å²) in [7, 11) is 0. The molecule has 1 aromatic heterocycles. The molecule has 0 saturated carbocycles. The fourth-order valence-electron chi connectivity index (χ4n) is 1.69. The normalized spacial score (nSPS) is 10.8. The van der Waals surface area contributed by atoms with E-state index in [0.29, 0.717) is 11.6 Å².